The zero-order valence-electron chi connectivity index (χ0n) is 15.2. The van der Waals surface area contributed by atoms with Crippen LogP contribution in [0.5, 0.6) is 0 Å². The fourth-order valence-corrected chi connectivity index (χ4v) is 3.40. The van der Waals surface area contributed by atoms with Gasteiger partial charge in [0.25, 0.3) is 5.69 Å². The highest BCUT2D eigenvalue weighted by Crippen LogP contribution is 2.25. The molecule has 0 aliphatic heterocycles. The number of benzene rings is 2. The van der Waals surface area contributed by atoms with Gasteiger partial charge in [-0.25, -0.2) is 9.13 Å². The Labute approximate surface area is 175 Å². The Hall–Kier alpha value is -3.46. The summed E-state index contributed by atoms with van der Waals surface area (Å²) in [5.74, 6) is -0.913. The molecule has 0 amide bonds. The van der Waals surface area contributed by atoms with Gasteiger partial charge in [-0.05, 0) is 12.1 Å². The number of fused-ring (bicyclic) bond motifs is 2. The molecular weight excluding hydrogens is 442 g/mol. The van der Waals surface area contributed by atoms with E-state index >= 15 is 0 Å². The summed E-state index contributed by atoms with van der Waals surface area (Å²) in [6.45, 7) is -0.165. The summed E-state index contributed by atoms with van der Waals surface area (Å²) in [6.07, 6.45) is 1.54. The summed E-state index contributed by atoms with van der Waals surface area (Å²) < 4.78 is 2.99. The van der Waals surface area contributed by atoms with Crippen LogP contribution in [-0.2, 0) is 13.6 Å². The molecule has 8 nitrogen and oxygen atoms in total. The second-order valence-corrected chi connectivity index (χ2v) is 6.48. The number of hydrogen-bond donors (Lipinski definition) is 0. The van der Waals surface area contributed by atoms with Gasteiger partial charge in [0.2, 0.25) is 35.1 Å². The maximum atomic E-state index is 13.0. The molecule has 1 aliphatic carbocycles. The lowest BCUT2D eigenvalue weighted by molar-refractivity contribution is -0.672. The van der Waals surface area contributed by atoms with E-state index in [1.165, 1.54) is 39.7 Å². The number of halogens is 1. The van der Waals surface area contributed by atoms with Crippen molar-refractivity contribution in [1.29, 1.82) is 0 Å². The molecule has 0 atom stereocenters. The van der Waals surface area contributed by atoms with Gasteiger partial charge in [0.15, 0.2) is 6.54 Å². The molecular formula is C20H14BrN3O5. The third-order valence-corrected chi connectivity index (χ3v) is 4.74. The van der Waals surface area contributed by atoms with E-state index in [9.17, 15) is 24.5 Å². The van der Waals surface area contributed by atoms with Crippen molar-refractivity contribution in [2.45, 2.75) is 6.54 Å². The molecule has 0 bridgehead atoms. The van der Waals surface area contributed by atoms with Gasteiger partial charge in [0, 0.05) is 28.8 Å². The molecule has 4 rings (SSSR count). The summed E-state index contributed by atoms with van der Waals surface area (Å²) >= 11 is 0. The number of carbonyl (C=O) groups is 3. The first kappa shape index (κ1) is 20.3. The molecule has 0 radical (unpaired) electrons. The number of nitro groups is 1. The number of aryl methyl sites for hydroxylation is 1. The number of ketones is 3. The average Bonchev–Trinajstić information content (AvgIpc) is 3.02. The van der Waals surface area contributed by atoms with E-state index in [1.54, 1.807) is 31.3 Å². The minimum atomic E-state index is -0.543. The second-order valence-electron chi connectivity index (χ2n) is 6.48. The molecule has 0 fully saturated rings. The van der Waals surface area contributed by atoms with Gasteiger partial charge in [-0.3, -0.25) is 24.5 Å². The van der Waals surface area contributed by atoms with E-state index in [-0.39, 0.29) is 63.5 Å². The third-order valence-electron chi connectivity index (χ3n) is 4.74. The number of rotatable bonds is 4. The van der Waals surface area contributed by atoms with Crippen LogP contribution in [0.3, 0.4) is 0 Å². The van der Waals surface area contributed by atoms with Crippen molar-refractivity contribution >= 4 is 23.0 Å². The van der Waals surface area contributed by atoms with Crippen LogP contribution in [0, 0.1) is 10.1 Å². The normalized spacial score (nSPS) is 12.0. The van der Waals surface area contributed by atoms with E-state index in [4.69, 9.17) is 0 Å². The zero-order chi connectivity index (χ0) is 20.0. The van der Waals surface area contributed by atoms with Crippen molar-refractivity contribution in [2.75, 3.05) is 0 Å². The standard InChI is InChI=1S/C20H14N3O5.BrH/c1-21-11-22(10-16(24)12-6-8-13(9-7-12)23(27)28)18-17(21)19(25)14-4-2-3-5-15(14)20(18)26;/h2-9,11H,10H2,1H3;1H/q+1;/p-1. The molecule has 1 aromatic heterocycles. The summed E-state index contributed by atoms with van der Waals surface area (Å²) in [6, 6.07) is 11.8. The van der Waals surface area contributed by atoms with Gasteiger partial charge in [-0.2, -0.15) is 0 Å². The number of carbonyl (C=O) groups excluding carboxylic acids is 3. The van der Waals surface area contributed by atoms with Gasteiger partial charge in [0.05, 0.1) is 12.0 Å². The first-order valence-electron chi connectivity index (χ1n) is 8.43. The molecule has 3 aromatic rings. The van der Waals surface area contributed by atoms with Crippen LogP contribution in [-0.4, -0.2) is 26.8 Å². The van der Waals surface area contributed by atoms with Crippen LogP contribution in [0.25, 0.3) is 0 Å². The number of aromatic nitrogens is 2. The number of imidazole rings is 1. The van der Waals surface area contributed by atoms with Crippen LogP contribution in [0.2, 0.25) is 0 Å². The van der Waals surface area contributed by atoms with Crippen molar-refractivity contribution in [3.8, 4) is 0 Å². The average molecular weight is 456 g/mol. The highest BCUT2D eigenvalue weighted by molar-refractivity contribution is 6.26. The molecule has 0 saturated carbocycles. The van der Waals surface area contributed by atoms with E-state index in [0.29, 0.717) is 11.1 Å². The number of hydrogen-bond acceptors (Lipinski definition) is 5. The molecule has 1 aliphatic rings. The molecule has 146 valence electrons. The number of nitrogens with zero attached hydrogens (tertiary/aromatic N) is 3. The Bertz CT molecular complexity index is 1180. The lowest BCUT2D eigenvalue weighted by Gasteiger charge is -2.12. The highest BCUT2D eigenvalue weighted by atomic mass is 79.9. The molecule has 1 heterocycles. The van der Waals surface area contributed by atoms with Crippen molar-refractivity contribution in [2.24, 2.45) is 7.05 Å². The van der Waals surface area contributed by atoms with Gasteiger partial charge >= 0.3 is 0 Å². The maximum Gasteiger partial charge on any atom is 0.269 e. The monoisotopic (exact) mass is 455 g/mol. The molecule has 0 N–H and O–H groups in total. The van der Waals surface area contributed by atoms with Gasteiger partial charge < -0.3 is 17.0 Å². The predicted molar refractivity (Wildman–Crippen MR) is 96.3 cm³/mol. The van der Waals surface area contributed by atoms with Crippen LogP contribution >= 0.6 is 0 Å². The lowest BCUT2D eigenvalue weighted by atomic mass is 9.90. The summed E-state index contributed by atoms with van der Waals surface area (Å²) in [5, 5.41) is 10.7. The number of non-ortho nitro benzene ring substituents is 1. The number of Topliss-reactive ketones (excluding diaryl/α,β-unsaturated/α-hetero) is 1. The Morgan fingerprint density at radius 3 is 2.21 bits per heavy atom. The van der Waals surface area contributed by atoms with E-state index < -0.39 is 4.92 Å². The van der Waals surface area contributed by atoms with Crippen LogP contribution in [0.4, 0.5) is 5.69 Å². The van der Waals surface area contributed by atoms with Gasteiger partial charge in [0.1, 0.15) is 0 Å². The van der Waals surface area contributed by atoms with Gasteiger partial charge in [-0.15, -0.1) is 0 Å². The zero-order valence-corrected chi connectivity index (χ0v) is 16.8. The Kier molecular flexibility index (Phi) is 5.25. The topological polar surface area (TPSA) is 103 Å². The second kappa shape index (κ2) is 7.51. The predicted octanol–water partition coefficient (Wildman–Crippen LogP) is -1.12. The lowest BCUT2D eigenvalue weighted by Crippen LogP contribution is -3.00. The molecule has 0 unspecified atom stereocenters. The van der Waals surface area contributed by atoms with E-state index in [0.717, 1.165) is 0 Å². The molecule has 0 saturated heterocycles. The van der Waals surface area contributed by atoms with Crippen molar-refractivity contribution in [3.05, 3.63) is 93.1 Å². The first-order chi connectivity index (χ1) is 13.4. The fourth-order valence-electron chi connectivity index (χ4n) is 3.40. The van der Waals surface area contributed by atoms with Gasteiger partial charge in [-0.1, -0.05) is 24.3 Å². The summed E-state index contributed by atoms with van der Waals surface area (Å²) in [7, 11) is 1.64. The Morgan fingerprint density at radius 2 is 1.62 bits per heavy atom. The largest absolute Gasteiger partial charge is 1.00 e. The quantitative estimate of drug-likeness (QED) is 0.168. The molecule has 29 heavy (non-hydrogen) atoms. The Balaban J connectivity index is 0.00000240. The number of nitro benzene ring substituents is 1. The minimum Gasteiger partial charge on any atom is -1.00 e. The third kappa shape index (κ3) is 3.29. The fraction of sp³-hybridized carbons (Fsp3) is 0.100. The van der Waals surface area contributed by atoms with E-state index in [2.05, 4.69) is 0 Å². The minimum absolute atomic E-state index is 0. The SMILES string of the molecule is C[n+]1cn(CC(=O)c2ccc([N+](=O)[O-])cc2)c2c1C(=O)c1ccccc1C2=O.[Br-]. The molecule has 2 aromatic carbocycles. The first-order valence-corrected chi connectivity index (χ1v) is 8.43. The van der Waals surface area contributed by atoms with Crippen LogP contribution in [0.1, 0.15) is 42.5 Å². The summed E-state index contributed by atoms with van der Waals surface area (Å²) in [4.78, 5) is 48.6. The Morgan fingerprint density at radius 1 is 1.03 bits per heavy atom. The summed E-state index contributed by atoms with van der Waals surface area (Å²) in [5.41, 5.74) is 1.23. The molecule has 9 heteroatoms. The highest BCUT2D eigenvalue weighted by Gasteiger charge is 2.40. The smallest absolute Gasteiger partial charge is 0.269 e. The van der Waals surface area contributed by atoms with Crippen molar-refractivity contribution in [3.63, 3.8) is 0 Å². The van der Waals surface area contributed by atoms with Crippen molar-refractivity contribution < 1.29 is 40.9 Å². The van der Waals surface area contributed by atoms with Crippen molar-refractivity contribution in [1.82, 2.24) is 4.57 Å². The molecule has 0 spiro atoms. The maximum absolute atomic E-state index is 13.0. The van der Waals surface area contributed by atoms with E-state index in [1.807, 2.05) is 0 Å². The van der Waals surface area contributed by atoms with Crippen LogP contribution < -0.4 is 21.5 Å². The van der Waals surface area contributed by atoms with Crippen LogP contribution in [0.15, 0.2) is 54.9 Å².